The van der Waals surface area contributed by atoms with Gasteiger partial charge in [-0.3, -0.25) is 14.7 Å². The number of urea groups is 1. The summed E-state index contributed by atoms with van der Waals surface area (Å²) in [5.74, 6) is 0.885. The molecule has 0 atom stereocenters. The molecule has 0 aliphatic rings. The molecule has 3 amide bonds. The molecule has 2 aromatic carbocycles. The fraction of sp³-hybridized carbons (Fsp3) is 0.182. The summed E-state index contributed by atoms with van der Waals surface area (Å²) in [5, 5.41) is 14.3. The maximum atomic E-state index is 12.0. The van der Waals surface area contributed by atoms with Crippen LogP contribution in [0.3, 0.4) is 0 Å². The van der Waals surface area contributed by atoms with Crippen molar-refractivity contribution in [3.05, 3.63) is 78.9 Å². The largest absolute Gasteiger partial charge is 0.334 e. The van der Waals surface area contributed by atoms with Crippen LogP contribution in [-0.2, 0) is 17.9 Å². The number of aromatic nitrogens is 3. The number of hydrogen-bond donors (Lipinski definition) is 2. The molecule has 0 saturated carbocycles. The Morgan fingerprint density at radius 2 is 1.73 bits per heavy atom. The Labute approximate surface area is 179 Å². The highest BCUT2D eigenvalue weighted by atomic mass is 32.2. The normalized spacial score (nSPS) is 10.4. The molecule has 30 heavy (non-hydrogen) atoms. The van der Waals surface area contributed by atoms with Gasteiger partial charge in [0.25, 0.3) is 0 Å². The highest BCUT2D eigenvalue weighted by molar-refractivity contribution is 7.99. The maximum Gasteiger partial charge on any atom is 0.321 e. The molecule has 0 unspecified atom stereocenters. The molecule has 8 heteroatoms. The van der Waals surface area contributed by atoms with Gasteiger partial charge in [0.05, 0.1) is 0 Å². The molecule has 1 heterocycles. The Morgan fingerprint density at radius 1 is 1.03 bits per heavy atom. The van der Waals surface area contributed by atoms with E-state index >= 15 is 0 Å². The lowest BCUT2D eigenvalue weighted by Gasteiger charge is -2.08. The number of nitrogens with zero attached hydrogens (tertiary/aromatic N) is 3. The SMILES string of the molecule is C=CCn1c(SCCC(=O)NC(=O)NCc2ccccc2)nnc1-c1ccccc1. The number of nitrogens with one attached hydrogen (secondary N) is 2. The minimum absolute atomic E-state index is 0.186. The average Bonchev–Trinajstić information content (AvgIpc) is 3.16. The minimum Gasteiger partial charge on any atom is -0.334 e. The highest BCUT2D eigenvalue weighted by Gasteiger charge is 2.14. The van der Waals surface area contributed by atoms with Crippen LogP contribution >= 0.6 is 11.8 Å². The van der Waals surface area contributed by atoms with Crippen LogP contribution in [0.1, 0.15) is 12.0 Å². The second kappa shape index (κ2) is 11.0. The fourth-order valence-electron chi connectivity index (χ4n) is 2.74. The molecule has 0 bridgehead atoms. The molecule has 154 valence electrons. The van der Waals surface area contributed by atoms with Crippen LogP contribution in [0.4, 0.5) is 4.79 Å². The molecular formula is C22H23N5O2S. The Hall–Kier alpha value is -3.39. The average molecular weight is 422 g/mol. The van der Waals surface area contributed by atoms with Crippen LogP contribution in [0, 0.1) is 0 Å². The lowest BCUT2D eigenvalue weighted by Crippen LogP contribution is -2.39. The van der Waals surface area contributed by atoms with Gasteiger partial charge >= 0.3 is 6.03 Å². The highest BCUT2D eigenvalue weighted by Crippen LogP contribution is 2.24. The quantitative estimate of drug-likeness (QED) is 0.407. The number of carbonyl (C=O) groups excluding carboxylic acids is 2. The van der Waals surface area contributed by atoms with Gasteiger partial charge in [0, 0.05) is 30.8 Å². The molecule has 0 radical (unpaired) electrons. The minimum atomic E-state index is -0.505. The summed E-state index contributed by atoms with van der Waals surface area (Å²) in [5.41, 5.74) is 1.93. The van der Waals surface area contributed by atoms with Crippen LogP contribution in [-0.4, -0.2) is 32.5 Å². The van der Waals surface area contributed by atoms with Crippen molar-refractivity contribution in [1.29, 1.82) is 0 Å². The second-order valence-corrected chi connectivity index (χ2v) is 7.45. The monoisotopic (exact) mass is 421 g/mol. The molecule has 3 rings (SSSR count). The van der Waals surface area contributed by atoms with E-state index in [1.54, 1.807) is 6.08 Å². The maximum absolute atomic E-state index is 12.0. The van der Waals surface area contributed by atoms with E-state index in [4.69, 9.17) is 0 Å². The first kappa shape index (κ1) is 21.3. The van der Waals surface area contributed by atoms with Crippen molar-refractivity contribution in [2.45, 2.75) is 24.7 Å². The van der Waals surface area contributed by atoms with Gasteiger partial charge in [0.2, 0.25) is 5.91 Å². The van der Waals surface area contributed by atoms with E-state index in [2.05, 4.69) is 27.4 Å². The van der Waals surface area contributed by atoms with Crippen molar-refractivity contribution >= 4 is 23.7 Å². The first-order valence-electron chi connectivity index (χ1n) is 9.51. The summed E-state index contributed by atoms with van der Waals surface area (Å²) in [6, 6.07) is 18.8. The standard InChI is InChI=1S/C22H23N5O2S/c1-2-14-27-20(18-11-7-4-8-12-18)25-26-22(27)30-15-13-19(28)24-21(29)23-16-17-9-5-3-6-10-17/h2-12H,1,13-16H2,(H2,23,24,28,29). The molecule has 0 aliphatic heterocycles. The van der Waals surface area contributed by atoms with E-state index in [1.165, 1.54) is 11.8 Å². The van der Waals surface area contributed by atoms with Gasteiger partial charge in [-0.1, -0.05) is 78.5 Å². The Balaban J connectivity index is 1.48. The van der Waals surface area contributed by atoms with Crippen molar-refractivity contribution in [3.8, 4) is 11.4 Å². The van der Waals surface area contributed by atoms with E-state index in [-0.39, 0.29) is 12.3 Å². The molecule has 3 aromatic rings. The van der Waals surface area contributed by atoms with Gasteiger partial charge in [0.1, 0.15) is 0 Å². The number of allylic oxidation sites excluding steroid dienone is 1. The lowest BCUT2D eigenvalue weighted by atomic mass is 10.2. The molecule has 2 N–H and O–H groups in total. The summed E-state index contributed by atoms with van der Waals surface area (Å²) in [6.07, 6.45) is 1.97. The number of rotatable bonds is 9. The first-order chi connectivity index (χ1) is 14.7. The molecular weight excluding hydrogens is 398 g/mol. The topological polar surface area (TPSA) is 88.9 Å². The van der Waals surface area contributed by atoms with Crippen LogP contribution in [0.15, 0.2) is 78.5 Å². The zero-order valence-electron chi connectivity index (χ0n) is 16.5. The van der Waals surface area contributed by atoms with Crippen molar-refractivity contribution in [2.24, 2.45) is 0 Å². The third-order valence-corrected chi connectivity index (χ3v) is 5.14. The van der Waals surface area contributed by atoms with Crippen molar-refractivity contribution < 1.29 is 9.59 Å². The molecule has 1 aromatic heterocycles. The summed E-state index contributed by atoms with van der Waals surface area (Å²) < 4.78 is 1.96. The Kier molecular flexibility index (Phi) is 7.79. The van der Waals surface area contributed by atoms with E-state index in [9.17, 15) is 9.59 Å². The van der Waals surface area contributed by atoms with Gasteiger partial charge in [0.15, 0.2) is 11.0 Å². The first-order valence-corrected chi connectivity index (χ1v) is 10.5. The third-order valence-electron chi connectivity index (χ3n) is 4.17. The van der Waals surface area contributed by atoms with Crippen molar-refractivity contribution in [2.75, 3.05) is 5.75 Å². The van der Waals surface area contributed by atoms with E-state index in [1.807, 2.05) is 65.2 Å². The number of benzene rings is 2. The summed E-state index contributed by atoms with van der Waals surface area (Å²) >= 11 is 1.42. The molecule has 0 saturated heterocycles. The number of hydrogen-bond acceptors (Lipinski definition) is 5. The van der Waals surface area contributed by atoms with Gasteiger partial charge in [-0.15, -0.1) is 16.8 Å². The van der Waals surface area contributed by atoms with E-state index in [0.29, 0.717) is 24.0 Å². The summed E-state index contributed by atoms with van der Waals surface area (Å²) in [6.45, 7) is 4.72. The molecule has 0 spiro atoms. The second-order valence-electron chi connectivity index (χ2n) is 6.39. The lowest BCUT2D eigenvalue weighted by molar-refractivity contribution is -0.119. The third kappa shape index (κ3) is 6.05. The zero-order valence-corrected chi connectivity index (χ0v) is 17.3. The van der Waals surface area contributed by atoms with Crippen LogP contribution in [0.25, 0.3) is 11.4 Å². The van der Waals surface area contributed by atoms with Gasteiger partial charge in [-0.2, -0.15) is 0 Å². The smallest absolute Gasteiger partial charge is 0.321 e. The molecule has 0 aliphatic carbocycles. The predicted molar refractivity (Wildman–Crippen MR) is 118 cm³/mol. The Morgan fingerprint density at radius 3 is 2.43 bits per heavy atom. The van der Waals surface area contributed by atoms with Gasteiger partial charge in [-0.25, -0.2) is 4.79 Å². The number of imide groups is 1. The van der Waals surface area contributed by atoms with Gasteiger partial charge < -0.3 is 5.32 Å². The molecule has 7 nitrogen and oxygen atoms in total. The fourth-order valence-corrected chi connectivity index (χ4v) is 3.62. The predicted octanol–water partition coefficient (Wildman–Crippen LogP) is 3.64. The molecule has 0 fully saturated rings. The number of carbonyl (C=O) groups is 2. The number of amides is 3. The van der Waals surface area contributed by atoms with E-state index in [0.717, 1.165) is 17.0 Å². The zero-order chi connectivity index (χ0) is 21.2. The van der Waals surface area contributed by atoms with E-state index < -0.39 is 6.03 Å². The summed E-state index contributed by atoms with van der Waals surface area (Å²) in [7, 11) is 0. The Bertz CT molecular complexity index is 989. The number of thioether (sulfide) groups is 1. The van der Waals surface area contributed by atoms with Gasteiger partial charge in [-0.05, 0) is 5.56 Å². The van der Waals surface area contributed by atoms with Crippen molar-refractivity contribution in [3.63, 3.8) is 0 Å². The van der Waals surface area contributed by atoms with Crippen LogP contribution in [0.5, 0.6) is 0 Å². The van der Waals surface area contributed by atoms with Crippen molar-refractivity contribution in [1.82, 2.24) is 25.4 Å². The van der Waals surface area contributed by atoms with Crippen LogP contribution < -0.4 is 10.6 Å². The summed E-state index contributed by atoms with van der Waals surface area (Å²) in [4.78, 5) is 23.9. The van der Waals surface area contributed by atoms with Crippen LogP contribution in [0.2, 0.25) is 0 Å².